The van der Waals surface area contributed by atoms with Gasteiger partial charge in [-0.25, -0.2) is 8.78 Å². The van der Waals surface area contributed by atoms with Crippen LogP contribution in [0.4, 0.5) is 8.78 Å². The predicted molar refractivity (Wildman–Crippen MR) is 107 cm³/mol. The van der Waals surface area contributed by atoms with Gasteiger partial charge in [-0.15, -0.1) is 0 Å². The van der Waals surface area contributed by atoms with E-state index in [2.05, 4.69) is 4.98 Å². The summed E-state index contributed by atoms with van der Waals surface area (Å²) in [7, 11) is 0. The lowest BCUT2D eigenvalue weighted by atomic mass is 9.97. The van der Waals surface area contributed by atoms with E-state index in [-0.39, 0.29) is 17.9 Å². The molecule has 29 heavy (non-hydrogen) atoms. The number of hydrogen-bond acceptors (Lipinski definition) is 4. The molecule has 3 rings (SSSR count). The molecule has 8 heteroatoms. The number of carbonyl (C=O) groups excluding carboxylic acids is 1. The third kappa shape index (κ3) is 3.62. The first kappa shape index (κ1) is 20.9. The van der Waals surface area contributed by atoms with Crippen molar-refractivity contribution in [2.75, 3.05) is 0 Å². The summed E-state index contributed by atoms with van der Waals surface area (Å²) in [6.07, 6.45) is 2.89. The molecule has 5 nitrogen and oxygen atoms in total. The molecular formula is C21H19ClF2N2O3. The van der Waals surface area contributed by atoms with E-state index in [1.807, 2.05) is 0 Å². The Morgan fingerprint density at radius 2 is 1.83 bits per heavy atom. The number of hydrogen-bond donors (Lipinski definition) is 0. The second kappa shape index (κ2) is 7.55. The Morgan fingerprint density at radius 3 is 2.45 bits per heavy atom. The Morgan fingerprint density at radius 1 is 1.17 bits per heavy atom. The molecule has 0 atom stereocenters. The molecule has 0 saturated carbocycles. The lowest BCUT2D eigenvalue weighted by Crippen LogP contribution is -2.29. The standard InChI is InChI=1S/C21H19ClF2N2O3/c1-5-26-14-8-9-25-10-11(14)18(29-20(28)21(2,3)4)16(19(26)27)15-12(23)6-7-13(24)17(15)22/h6-10H,5H2,1-4H3. The minimum atomic E-state index is -0.910. The lowest BCUT2D eigenvalue weighted by molar-refractivity contribution is -0.142. The first-order chi connectivity index (χ1) is 13.6. The Hall–Kier alpha value is -2.80. The second-order valence-corrected chi connectivity index (χ2v) is 7.88. The number of aromatic nitrogens is 2. The summed E-state index contributed by atoms with van der Waals surface area (Å²) in [5, 5.41) is -0.262. The Labute approximate surface area is 170 Å². The molecule has 1 aromatic carbocycles. The van der Waals surface area contributed by atoms with Crippen LogP contribution in [-0.4, -0.2) is 15.5 Å². The van der Waals surface area contributed by atoms with Crippen LogP contribution < -0.4 is 10.3 Å². The zero-order chi connectivity index (χ0) is 21.5. The van der Waals surface area contributed by atoms with Crippen LogP contribution in [0.5, 0.6) is 5.75 Å². The molecule has 152 valence electrons. The van der Waals surface area contributed by atoms with Gasteiger partial charge in [0.25, 0.3) is 5.56 Å². The number of nitrogens with zero attached hydrogens (tertiary/aromatic N) is 2. The molecular weight excluding hydrogens is 402 g/mol. The lowest BCUT2D eigenvalue weighted by Gasteiger charge is -2.21. The molecule has 0 N–H and O–H groups in total. The Bertz CT molecular complexity index is 1180. The first-order valence-corrected chi connectivity index (χ1v) is 9.32. The van der Waals surface area contributed by atoms with Gasteiger partial charge < -0.3 is 9.30 Å². The van der Waals surface area contributed by atoms with Crippen molar-refractivity contribution in [2.45, 2.75) is 34.2 Å². The van der Waals surface area contributed by atoms with E-state index in [0.29, 0.717) is 10.9 Å². The van der Waals surface area contributed by atoms with Crippen molar-refractivity contribution in [1.82, 2.24) is 9.55 Å². The fourth-order valence-corrected chi connectivity index (χ4v) is 3.16. The van der Waals surface area contributed by atoms with Gasteiger partial charge in [0.05, 0.1) is 26.9 Å². The van der Waals surface area contributed by atoms with E-state index in [0.717, 1.165) is 12.1 Å². The van der Waals surface area contributed by atoms with Crippen molar-refractivity contribution >= 4 is 28.5 Å². The number of aryl methyl sites for hydroxylation is 1. The van der Waals surface area contributed by atoms with Gasteiger partial charge in [0.15, 0.2) is 5.75 Å². The van der Waals surface area contributed by atoms with Crippen LogP contribution in [-0.2, 0) is 11.3 Å². The average molecular weight is 421 g/mol. The molecule has 0 aliphatic heterocycles. The summed E-state index contributed by atoms with van der Waals surface area (Å²) in [5.74, 6) is -2.66. The smallest absolute Gasteiger partial charge is 0.316 e. The van der Waals surface area contributed by atoms with Gasteiger partial charge in [-0.3, -0.25) is 14.6 Å². The largest absolute Gasteiger partial charge is 0.424 e. The van der Waals surface area contributed by atoms with Gasteiger partial charge in [0.1, 0.15) is 11.6 Å². The number of benzene rings is 1. The van der Waals surface area contributed by atoms with Gasteiger partial charge in [-0.2, -0.15) is 0 Å². The highest BCUT2D eigenvalue weighted by molar-refractivity contribution is 6.33. The van der Waals surface area contributed by atoms with Crippen LogP contribution in [0, 0.1) is 17.0 Å². The Balaban J connectivity index is 2.51. The van der Waals surface area contributed by atoms with Crippen molar-refractivity contribution in [1.29, 1.82) is 0 Å². The first-order valence-electron chi connectivity index (χ1n) is 8.94. The molecule has 2 aromatic heterocycles. The van der Waals surface area contributed by atoms with Crippen LogP contribution >= 0.6 is 11.6 Å². The van der Waals surface area contributed by atoms with Gasteiger partial charge in [-0.05, 0) is 45.9 Å². The van der Waals surface area contributed by atoms with E-state index in [1.54, 1.807) is 33.8 Å². The van der Waals surface area contributed by atoms with Gasteiger partial charge in [0, 0.05) is 24.5 Å². The summed E-state index contributed by atoms with van der Waals surface area (Å²) >= 11 is 6.03. The number of carbonyl (C=O) groups is 1. The molecule has 0 fully saturated rings. The molecule has 0 aliphatic carbocycles. The number of ether oxygens (including phenoxy) is 1. The van der Waals surface area contributed by atoms with Gasteiger partial charge in [0.2, 0.25) is 0 Å². The highest BCUT2D eigenvalue weighted by atomic mass is 35.5. The summed E-state index contributed by atoms with van der Waals surface area (Å²) in [6, 6.07) is 3.32. The quantitative estimate of drug-likeness (QED) is 0.443. The van der Waals surface area contributed by atoms with Crippen LogP contribution in [0.2, 0.25) is 5.02 Å². The fourth-order valence-electron chi connectivity index (χ4n) is 2.92. The fraction of sp³-hybridized carbons (Fsp3) is 0.286. The third-order valence-electron chi connectivity index (χ3n) is 4.44. The SMILES string of the molecule is CCn1c(=O)c(-c2c(F)ccc(F)c2Cl)c(OC(=O)C(C)(C)C)c2cnccc21. The molecule has 0 spiro atoms. The summed E-state index contributed by atoms with van der Waals surface area (Å²) in [6.45, 7) is 6.89. The van der Waals surface area contributed by atoms with Gasteiger partial charge >= 0.3 is 5.97 Å². The summed E-state index contributed by atoms with van der Waals surface area (Å²) < 4.78 is 35.8. The van der Waals surface area contributed by atoms with E-state index in [1.165, 1.54) is 17.0 Å². The van der Waals surface area contributed by atoms with Crippen LogP contribution in [0.1, 0.15) is 27.7 Å². The van der Waals surface area contributed by atoms with E-state index < -0.39 is 39.2 Å². The number of rotatable bonds is 3. The molecule has 0 aliphatic rings. The number of pyridine rings is 2. The maximum atomic E-state index is 14.7. The maximum absolute atomic E-state index is 14.7. The molecule has 0 unspecified atom stereocenters. The second-order valence-electron chi connectivity index (χ2n) is 7.50. The maximum Gasteiger partial charge on any atom is 0.316 e. The normalized spacial score (nSPS) is 11.7. The predicted octanol–water partition coefficient (Wildman–Crippen LogP) is 4.97. The molecule has 0 radical (unpaired) electrons. The molecule has 0 amide bonds. The van der Waals surface area contributed by atoms with E-state index >= 15 is 0 Å². The molecule has 0 saturated heterocycles. The van der Waals surface area contributed by atoms with Crippen molar-refractivity contribution in [3.8, 4) is 16.9 Å². The summed E-state index contributed by atoms with van der Waals surface area (Å²) in [5.41, 5.74) is -1.90. The topological polar surface area (TPSA) is 61.2 Å². The van der Waals surface area contributed by atoms with E-state index in [4.69, 9.17) is 16.3 Å². The van der Waals surface area contributed by atoms with E-state index in [9.17, 15) is 18.4 Å². The molecule has 3 aromatic rings. The highest BCUT2D eigenvalue weighted by Gasteiger charge is 2.30. The van der Waals surface area contributed by atoms with Gasteiger partial charge in [-0.1, -0.05) is 11.6 Å². The monoisotopic (exact) mass is 420 g/mol. The van der Waals surface area contributed by atoms with Crippen molar-refractivity contribution in [2.24, 2.45) is 5.41 Å². The number of esters is 1. The minimum Gasteiger partial charge on any atom is -0.424 e. The highest BCUT2D eigenvalue weighted by Crippen LogP contribution is 2.40. The third-order valence-corrected chi connectivity index (χ3v) is 4.81. The average Bonchev–Trinajstić information content (AvgIpc) is 2.66. The molecule has 2 heterocycles. The zero-order valence-electron chi connectivity index (χ0n) is 16.3. The summed E-state index contributed by atoms with van der Waals surface area (Å²) in [4.78, 5) is 29.9. The Kier molecular flexibility index (Phi) is 5.45. The van der Waals surface area contributed by atoms with Crippen molar-refractivity contribution < 1.29 is 18.3 Å². The van der Waals surface area contributed by atoms with Crippen LogP contribution in [0.3, 0.4) is 0 Å². The van der Waals surface area contributed by atoms with Crippen LogP contribution in [0.25, 0.3) is 22.0 Å². The number of fused-ring (bicyclic) bond motifs is 1. The van der Waals surface area contributed by atoms with Crippen molar-refractivity contribution in [3.05, 3.63) is 57.6 Å². The zero-order valence-corrected chi connectivity index (χ0v) is 17.1. The van der Waals surface area contributed by atoms with Crippen LogP contribution in [0.15, 0.2) is 35.4 Å². The minimum absolute atomic E-state index is 0.200. The number of halogens is 3. The molecule has 0 bridgehead atoms. The van der Waals surface area contributed by atoms with Crippen molar-refractivity contribution in [3.63, 3.8) is 0 Å².